The van der Waals surface area contributed by atoms with E-state index in [1.165, 1.54) is 11.9 Å². The van der Waals surface area contributed by atoms with Gasteiger partial charge < -0.3 is 10.2 Å². The third-order valence-corrected chi connectivity index (χ3v) is 6.88. The van der Waals surface area contributed by atoms with Gasteiger partial charge in [0.15, 0.2) is 0 Å². The van der Waals surface area contributed by atoms with E-state index in [1.807, 2.05) is 50.2 Å². The molecule has 2 aromatic carbocycles. The van der Waals surface area contributed by atoms with Gasteiger partial charge in [0.05, 0.1) is 11.9 Å². The van der Waals surface area contributed by atoms with Gasteiger partial charge in [-0.2, -0.15) is 0 Å². The minimum Gasteiger partial charge on any atom is -0.357 e. The van der Waals surface area contributed by atoms with E-state index in [2.05, 4.69) is 21.2 Å². The molecule has 0 aliphatic heterocycles. The van der Waals surface area contributed by atoms with Gasteiger partial charge in [0, 0.05) is 18.1 Å². The molecule has 7 nitrogen and oxygen atoms in total. The highest BCUT2D eigenvalue weighted by atomic mass is 79.9. The van der Waals surface area contributed by atoms with Crippen molar-refractivity contribution in [1.82, 2.24) is 10.2 Å². The first-order valence-corrected chi connectivity index (χ1v) is 12.9. The maximum atomic E-state index is 13.3. The highest BCUT2D eigenvalue weighted by molar-refractivity contribution is 9.10. The molecule has 9 heteroatoms. The van der Waals surface area contributed by atoms with Crippen molar-refractivity contribution in [3.8, 4) is 0 Å². The number of carbonyl (C=O) groups is 2. The van der Waals surface area contributed by atoms with Gasteiger partial charge in [-0.25, -0.2) is 8.42 Å². The summed E-state index contributed by atoms with van der Waals surface area (Å²) in [5.74, 6) is -0.503. The van der Waals surface area contributed by atoms with Crippen molar-refractivity contribution in [2.24, 2.45) is 0 Å². The number of nitrogens with one attached hydrogen (secondary N) is 1. The van der Waals surface area contributed by atoms with Crippen LogP contribution >= 0.6 is 15.9 Å². The van der Waals surface area contributed by atoms with Crippen molar-refractivity contribution < 1.29 is 18.0 Å². The third kappa shape index (κ3) is 6.80. The summed E-state index contributed by atoms with van der Waals surface area (Å²) in [7, 11) is -2.23. The Balaban J connectivity index is 2.36. The van der Waals surface area contributed by atoms with Gasteiger partial charge in [-0.15, -0.1) is 0 Å². The number of likely N-dealkylation sites (N-methyl/N-ethyl adjacent to an activating group) is 1. The number of hydrogen-bond acceptors (Lipinski definition) is 4. The Bertz CT molecular complexity index is 1040. The summed E-state index contributed by atoms with van der Waals surface area (Å²) in [5, 5.41) is 2.55. The van der Waals surface area contributed by atoms with Crippen LogP contribution in [0.4, 0.5) is 5.69 Å². The lowest BCUT2D eigenvalue weighted by molar-refractivity contribution is -0.139. The number of carbonyl (C=O) groups excluding carboxylic acids is 2. The molecule has 1 atom stereocenters. The van der Waals surface area contributed by atoms with Gasteiger partial charge in [-0.1, -0.05) is 54.0 Å². The summed E-state index contributed by atoms with van der Waals surface area (Å²) in [6.07, 6.45) is 1.07. The lowest BCUT2D eigenvalue weighted by atomic mass is 10.0. The molecule has 2 aromatic rings. The summed E-state index contributed by atoms with van der Waals surface area (Å²) in [6.45, 7) is 5.49. The van der Waals surface area contributed by atoms with Crippen LogP contribution < -0.4 is 9.62 Å². The molecule has 0 aliphatic carbocycles. The van der Waals surface area contributed by atoms with Crippen molar-refractivity contribution in [3.05, 3.63) is 64.1 Å². The molecule has 0 spiro atoms. The van der Waals surface area contributed by atoms with Crippen LogP contribution in [-0.4, -0.2) is 51.0 Å². The largest absolute Gasteiger partial charge is 0.357 e. The van der Waals surface area contributed by atoms with E-state index in [0.717, 1.165) is 26.2 Å². The number of amides is 2. The number of halogens is 1. The zero-order valence-corrected chi connectivity index (χ0v) is 21.4. The molecule has 0 aromatic heterocycles. The van der Waals surface area contributed by atoms with Gasteiger partial charge in [-0.05, 0) is 48.2 Å². The van der Waals surface area contributed by atoms with Gasteiger partial charge in [0.2, 0.25) is 21.8 Å². The van der Waals surface area contributed by atoms with Crippen molar-refractivity contribution >= 4 is 43.5 Å². The van der Waals surface area contributed by atoms with Crippen LogP contribution in [0.15, 0.2) is 53.0 Å². The Hall–Kier alpha value is -2.39. The second kappa shape index (κ2) is 11.0. The van der Waals surface area contributed by atoms with Crippen LogP contribution in [0.25, 0.3) is 0 Å². The molecule has 0 bridgehead atoms. The van der Waals surface area contributed by atoms with Crippen LogP contribution in [0.5, 0.6) is 0 Å². The number of benzene rings is 2. The first-order chi connectivity index (χ1) is 14.9. The summed E-state index contributed by atoms with van der Waals surface area (Å²) in [5.41, 5.74) is 2.30. The summed E-state index contributed by atoms with van der Waals surface area (Å²) in [4.78, 5) is 27.0. The fourth-order valence-corrected chi connectivity index (χ4v) is 4.33. The van der Waals surface area contributed by atoms with E-state index < -0.39 is 28.5 Å². The van der Waals surface area contributed by atoms with Crippen LogP contribution in [0.2, 0.25) is 0 Å². The highest BCUT2D eigenvalue weighted by Gasteiger charge is 2.29. The molecule has 0 saturated carbocycles. The van der Waals surface area contributed by atoms with Crippen LogP contribution in [0.3, 0.4) is 0 Å². The highest BCUT2D eigenvalue weighted by Crippen LogP contribution is 2.23. The fourth-order valence-electron chi connectivity index (χ4n) is 3.22. The van der Waals surface area contributed by atoms with Crippen LogP contribution in [0, 0.1) is 0 Å². The predicted octanol–water partition coefficient (Wildman–Crippen LogP) is 3.50. The average molecular weight is 524 g/mol. The van der Waals surface area contributed by atoms with E-state index in [-0.39, 0.29) is 12.5 Å². The zero-order valence-electron chi connectivity index (χ0n) is 19.0. The first kappa shape index (κ1) is 25.9. The fraction of sp³-hybridized carbons (Fsp3) is 0.391. The normalized spacial score (nSPS) is 12.3. The lowest BCUT2D eigenvalue weighted by Crippen LogP contribution is -2.50. The Labute approximate surface area is 199 Å². The summed E-state index contributed by atoms with van der Waals surface area (Å²) >= 11 is 3.38. The number of nitrogens with zero attached hydrogens (tertiary/aromatic N) is 2. The Kier molecular flexibility index (Phi) is 8.86. The van der Waals surface area contributed by atoms with Crippen molar-refractivity contribution in [3.63, 3.8) is 0 Å². The monoisotopic (exact) mass is 523 g/mol. The maximum absolute atomic E-state index is 13.3. The van der Waals surface area contributed by atoms with Gasteiger partial charge >= 0.3 is 0 Å². The molecule has 0 heterocycles. The maximum Gasteiger partial charge on any atom is 0.244 e. The lowest BCUT2D eigenvalue weighted by Gasteiger charge is -2.31. The number of hydrogen-bond donors (Lipinski definition) is 1. The molecule has 1 N–H and O–H groups in total. The van der Waals surface area contributed by atoms with E-state index in [9.17, 15) is 18.0 Å². The minimum absolute atomic E-state index is 0.171. The van der Waals surface area contributed by atoms with Crippen molar-refractivity contribution in [2.75, 3.05) is 24.2 Å². The predicted molar refractivity (Wildman–Crippen MR) is 131 cm³/mol. The SMILES string of the molecule is CNC(=O)C(C)N(Cc1ccc(Br)cc1)C(=O)CN(c1ccc(C(C)C)cc1)S(C)(=O)=O. The third-order valence-electron chi connectivity index (χ3n) is 5.21. The van der Waals surface area contributed by atoms with E-state index >= 15 is 0 Å². The molecule has 0 saturated heterocycles. The molecule has 0 fully saturated rings. The molecular formula is C23H30BrN3O4S. The topological polar surface area (TPSA) is 86.8 Å². The van der Waals surface area contributed by atoms with Gasteiger partial charge in [0.25, 0.3) is 0 Å². The molecular weight excluding hydrogens is 494 g/mol. The van der Waals surface area contributed by atoms with E-state index in [0.29, 0.717) is 11.6 Å². The minimum atomic E-state index is -3.73. The van der Waals surface area contributed by atoms with Crippen LogP contribution in [0.1, 0.15) is 37.8 Å². The average Bonchev–Trinajstić information content (AvgIpc) is 2.75. The molecule has 0 radical (unpaired) electrons. The molecule has 174 valence electrons. The van der Waals surface area contributed by atoms with E-state index in [1.54, 1.807) is 19.1 Å². The standard InChI is InChI=1S/C23H30BrN3O4S/c1-16(2)19-8-12-21(13-9-19)27(32(5,30)31)15-22(28)26(17(3)23(29)25-4)14-18-6-10-20(24)11-7-18/h6-13,16-17H,14-15H2,1-5H3,(H,25,29). The van der Waals surface area contributed by atoms with Crippen LogP contribution in [-0.2, 0) is 26.2 Å². The van der Waals surface area contributed by atoms with Gasteiger partial charge in [-0.3, -0.25) is 13.9 Å². The quantitative estimate of drug-likeness (QED) is 0.544. The number of rotatable bonds is 9. The summed E-state index contributed by atoms with van der Waals surface area (Å²) in [6, 6.07) is 13.7. The molecule has 2 amide bonds. The molecule has 2 rings (SSSR count). The Morgan fingerprint density at radius 1 is 1.00 bits per heavy atom. The Morgan fingerprint density at radius 3 is 2.03 bits per heavy atom. The second-order valence-electron chi connectivity index (χ2n) is 7.95. The first-order valence-electron chi connectivity index (χ1n) is 10.3. The number of sulfonamides is 1. The van der Waals surface area contributed by atoms with Gasteiger partial charge in [0.1, 0.15) is 12.6 Å². The second-order valence-corrected chi connectivity index (χ2v) is 10.8. The Morgan fingerprint density at radius 2 is 1.56 bits per heavy atom. The molecule has 32 heavy (non-hydrogen) atoms. The van der Waals surface area contributed by atoms with Crippen molar-refractivity contribution in [2.45, 2.75) is 39.3 Å². The summed E-state index contributed by atoms with van der Waals surface area (Å²) < 4.78 is 27.0. The zero-order chi connectivity index (χ0) is 24.1. The molecule has 1 unspecified atom stereocenters. The smallest absolute Gasteiger partial charge is 0.244 e. The molecule has 0 aliphatic rings. The van der Waals surface area contributed by atoms with Crippen molar-refractivity contribution in [1.29, 1.82) is 0 Å². The number of anilines is 1. The van der Waals surface area contributed by atoms with E-state index in [4.69, 9.17) is 0 Å².